The number of hydrogen-bond acceptors (Lipinski definition) is 6. The molecule has 0 N–H and O–H groups in total. The lowest BCUT2D eigenvalue weighted by Crippen LogP contribution is -2.17. The topological polar surface area (TPSA) is 66.2 Å². The fraction of sp³-hybridized carbons (Fsp3) is 0.250. The minimum absolute atomic E-state index is 0.267. The van der Waals surface area contributed by atoms with Crippen molar-refractivity contribution in [3.63, 3.8) is 0 Å². The molecule has 3 rings (SSSR count). The maximum Gasteiger partial charge on any atom is 0.319 e. The summed E-state index contributed by atoms with van der Waals surface area (Å²) < 4.78 is 12.3. The van der Waals surface area contributed by atoms with Gasteiger partial charge in [-0.3, -0.25) is 9.36 Å². The van der Waals surface area contributed by atoms with Crippen molar-refractivity contribution in [1.29, 1.82) is 0 Å². The Kier molecular flexibility index (Phi) is 6.13. The second-order valence-corrected chi connectivity index (χ2v) is 7.03. The van der Waals surface area contributed by atoms with Crippen LogP contribution in [0.15, 0.2) is 59.8 Å². The number of carbonyl (C=O) groups excluding carboxylic acids is 1. The van der Waals surface area contributed by atoms with E-state index >= 15 is 0 Å². The molecule has 0 bridgehead atoms. The molecule has 0 fully saturated rings. The molecule has 0 spiro atoms. The summed E-state index contributed by atoms with van der Waals surface area (Å²) in [6.45, 7) is 3.95. The van der Waals surface area contributed by atoms with Gasteiger partial charge in [0.25, 0.3) is 0 Å². The van der Waals surface area contributed by atoms with E-state index in [1.165, 1.54) is 11.8 Å². The van der Waals surface area contributed by atoms with Crippen LogP contribution >= 0.6 is 11.8 Å². The van der Waals surface area contributed by atoms with E-state index < -0.39 is 0 Å². The molecule has 6 nitrogen and oxygen atoms in total. The van der Waals surface area contributed by atoms with Gasteiger partial charge in [-0.05, 0) is 50.2 Å². The van der Waals surface area contributed by atoms with E-state index in [1.54, 1.807) is 21.0 Å². The summed E-state index contributed by atoms with van der Waals surface area (Å²) in [5, 5.41) is 8.95. The Morgan fingerprint density at radius 3 is 2.44 bits per heavy atom. The standard InChI is InChI=1S/C20H21N3O3S/c1-4-26-19(24)14(2)27-20-22-21-18(15-10-12-17(25-3)13-11-15)23(20)16-8-6-5-7-9-16/h5-14H,4H2,1-3H3/t14-/m0/s1. The van der Waals surface area contributed by atoms with Crippen LogP contribution in [0.1, 0.15) is 13.8 Å². The lowest BCUT2D eigenvalue weighted by molar-refractivity contribution is -0.142. The Balaban J connectivity index is 2.01. The first-order valence-electron chi connectivity index (χ1n) is 8.62. The minimum Gasteiger partial charge on any atom is -0.497 e. The summed E-state index contributed by atoms with van der Waals surface area (Å²) in [6, 6.07) is 17.5. The predicted octanol–water partition coefficient (Wildman–Crippen LogP) is 3.99. The Morgan fingerprint density at radius 2 is 1.81 bits per heavy atom. The molecule has 0 radical (unpaired) electrons. The molecule has 1 aromatic heterocycles. The molecule has 0 unspecified atom stereocenters. The molecule has 0 aliphatic carbocycles. The SMILES string of the molecule is CCOC(=O)[C@H](C)Sc1nnc(-c2ccc(OC)cc2)n1-c1ccccc1. The fourth-order valence-electron chi connectivity index (χ4n) is 2.55. The summed E-state index contributed by atoms with van der Waals surface area (Å²) >= 11 is 1.33. The highest BCUT2D eigenvalue weighted by Gasteiger charge is 2.22. The molecule has 7 heteroatoms. The van der Waals surface area contributed by atoms with Gasteiger partial charge in [0.15, 0.2) is 11.0 Å². The Hall–Kier alpha value is -2.80. The lowest BCUT2D eigenvalue weighted by Gasteiger charge is -2.13. The third kappa shape index (κ3) is 4.31. The second kappa shape index (κ2) is 8.73. The molecule has 3 aromatic rings. The van der Waals surface area contributed by atoms with E-state index in [2.05, 4.69) is 10.2 Å². The van der Waals surface area contributed by atoms with Gasteiger partial charge < -0.3 is 9.47 Å². The van der Waals surface area contributed by atoms with Crippen LogP contribution in [0.2, 0.25) is 0 Å². The number of thioether (sulfide) groups is 1. The van der Waals surface area contributed by atoms with E-state index in [9.17, 15) is 4.79 Å². The Morgan fingerprint density at radius 1 is 1.11 bits per heavy atom. The maximum atomic E-state index is 12.0. The molecular weight excluding hydrogens is 362 g/mol. The molecule has 140 valence electrons. The van der Waals surface area contributed by atoms with Crippen LogP contribution in [-0.4, -0.2) is 39.7 Å². The quantitative estimate of drug-likeness (QED) is 0.454. The van der Waals surface area contributed by atoms with Gasteiger partial charge in [0.05, 0.1) is 13.7 Å². The van der Waals surface area contributed by atoms with Gasteiger partial charge in [-0.25, -0.2) is 0 Å². The highest BCUT2D eigenvalue weighted by Crippen LogP contribution is 2.31. The van der Waals surface area contributed by atoms with Crippen LogP contribution in [0, 0.1) is 0 Å². The zero-order valence-corrected chi connectivity index (χ0v) is 16.3. The number of aromatic nitrogens is 3. The van der Waals surface area contributed by atoms with Crippen molar-refractivity contribution < 1.29 is 14.3 Å². The number of para-hydroxylation sites is 1. The van der Waals surface area contributed by atoms with Crippen LogP contribution in [0.5, 0.6) is 5.75 Å². The van der Waals surface area contributed by atoms with Gasteiger partial charge in [0.2, 0.25) is 0 Å². The van der Waals surface area contributed by atoms with Gasteiger partial charge in [-0.1, -0.05) is 30.0 Å². The summed E-state index contributed by atoms with van der Waals surface area (Å²) in [7, 11) is 1.63. The Labute approximate surface area is 162 Å². The maximum absolute atomic E-state index is 12.0. The first-order chi connectivity index (χ1) is 13.1. The van der Waals surface area contributed by atoms with Crippen molar-refractivity contribution in [1.82, 2.24) is 14.8 Å². The second-order valence-electron chi connectivity index (χ2n) is 5.72. The van der Waals surface area contributed by atoms with Crippen LogP contribution in [0.3, 0.4) is 0 Å². The van der Waals surface area contributed by atoms with Gasteiger partial charge in [-0.2, -0.15) is 0 Å². The molecule has 0 saturated carbocycles. The number of carbonyl (C=O) groups is 1. The smallest absolute Gasteiger partial charge is 0.319 e. The van der Waals surface area contributed by atoms with E-state index in [1.807, 2.05) is 59.2 Å². The molecule has 27 heavy (non-hydrogen) atoms. The van der Waals surface area contributed by atoms with Crippen molar-refractivity contribution in [3.05, 3.63) is 54.6 Å². The zero-order chi connectivity index (χ0) is 19.2. The van der Waals surface area contributed by atoms with E-state index in [-0.39, 0.29) is 11.2 Å². The van der Waals surface area contributed by atoms with Crippen molar-refractivity contribution in [2.45, 2.75) is 24.3 Å². The van der Waals surface area contributed by atoms with Gasteiger partial charge in [0.1, 0.15) is 11.0 Å². The number of ether oxygens (including phenoxy) is 2. The Bertz CT molecular complexity index is 895. The minimum atomic E-state index is -0.389. The number of nitrogens with zero attached hydrogens (tertiary/aromatic N) is 3. The molecular formula is C20H21N3O3S. The van der Waals surface area contributed by atoms with Crippen molar-refractivity contribution in [3.8, 4) is 22.8 Å². The van der Waals surface area contributed by atoms with E-state index in [4.69, 9.17) is 9.47 Å². The van der Waals surface area contributed by atoms with Crippen molar-refractivity contribution >= 4 is 17.7 Å². The van der Waals surface area contributed by atoms with Crippen LogP contribution < -0.4 is 4.74 Å². The number of hydrogen-bond donors (Lipinski definition) is 0. The van der Waals surface area contributed by atoms with Crippen molar-refractivity contribution in [2.24, 2.45) is 0 Å². The van der Waals surface area contributed by atoms with E-state index in [0.717, 1.165) is 17.0 Å². The molecule has 1 heterocycles. The van der Waals surface area contributed by atoms with Crippen LogP contribution in [-0.2, 0) is 9.53 Å². The average molecular weight is 383 g/mol. The summed E-state index contributed by atoms with van der Waals surface area (Å²) in [5.41, 5.74) is 1.83. The molecule has 2 aromatic carbocycles. The summed E-state index contributed by atoms with van der Waals surface area (Å²) in [5.74, 6) is 1.20. The van der Waals surface area contributed by atoms with Gasteiger partial charge in [-0.15, -0.1) is 10.2 Å². The van der Waals surface area contributed by atoms with Crippen LogP contribution in [0.4, 0.5) is 0 Å². The van der Waals surface area contributed by atoms with Crippen LogP contribution in [0.25, 0.3) is 17.1 Å². The number of rotatable bonds is 7. The first kappa shape index (κ1) is 19.0. The first-order valence-corrected chi connectivity index (χ1v) is 9.50. The molecule has 0 amide bonds. The fourth-order valence-corrected chi connectivity index (χ4v) is 3.41. The van der Waals surface area contributed by atoms with Gasteiger partial charge >= 0.3 is 5.97 Å². The van der Waals surface area contributed by atoms with E-state index in [0.29, 0.717) is 17.6 Å². The average Bonchev–Trinajstić information content (AvgIpc) is 3.12. The highest BCUT2D eigenvalue weighted by molar-refractivity contribution is 8.00. The zero-order valence-electron chi connectivity index (χ0n) is 15.5. The highest BCUT2D eigenvalue weighted by atomic mass is 32.2. The largest absolute Gasteiger partial charge is 0.497 e. The number of esters is 1. The predicted molar refractivity (Wildman–Crippen MR) is 105 cm³/mol. The molecule has 0 aliphatic rings. The number of methoxy groups -OCH3 is 1. The monoisotopic (exact) mass is 383 g/mol. The summed E-state index contributed by atoms with van der Waals surface area (Å²) in [6.07, 6.45) is 0. The van der Waals surface area contributed by atoms with Crippen molar-refractivity contribution in [2.75, 3.05) is 13.7 Å². The third-order valence-electron chi connectivity index (χ3n) is 3.90. The van der Waals surface area contributed by atoms with Gasteiger partial charge in [0, 0.05) is 11.3 Å². The summed E-state index contributed by atoms with van der Waals surface area (Å²) in [4.78, 5) is 12.0. The normalized spacial score (nSPS) is 11.8. The lowest BCUT2D eigenvalue weighted by atomic mass is 10.2. The number of benzene rings is 2. The third-order valence-corrected chi connectivity index (χ3v) is 4.92. The molecule has 1 atom stereocenters. The molecule has 0 saturated heterocycles. The molecule has 0 aliphatic heterocycles.